The Kier molecular flexibility index (Phi) is 2.29. The molecule has 12 heavy (non-hydrogen) atoms. The van der Waals surface area contributed by atoms with Crippen molar-refractivity contribution in [3.63, 3.8) is 0 Å². The standard InChI is InChI=1S/C9H9FN2/c1-12(2)9-5-8(10)4-3-7(9)6-11/h3-5H,1-2H3. The van der Waals surface area contributed by atoms with Gasteiger partial charge < -0.3 is 4.90 Å². The maximum Gasteiger partial charge on any atom is 0.125 e. The Hall–Kier alpha value is -1.56. The Labute approximate surface area is 70.8 Å². The van der Waals surface area contributed by atoms with E-state index in [0.717, 1.165) is 0 Å². The molecule has 2 nitrogen and oxygen atoms in total. The minimum absolute atomic E-state index is 0.322. The molecule has 0 bridgehead atoms. The number of nitriles is 1. The second-order valence-electron chi connectivity index (χ2n) is 2.67. The van der Waals surface area contributed by atoms with Crippen LogP contribution in [0.4, 0.5) is 10.1 Å². The van der Waals surface area contributed by atoms with Crippen molar-refractivity contribution in [2.75, 3.05) is 19.0 Å². The van der Waals surface area contributed by atoms with Crippen LogP contribution in [0.2, 0.25) is 0 Å². The zero-order chi connectivity index (χ0) is 9.14. The van der Waals surface area contributed by atoms with Crippen LogP contribution in [0, 0.1) is 17.1 Å². The number of hydrogen-bond donors (Lipinski definition) is 0. The summed E-state index contributed by atoms with van der Waals surface area (Å²) in [5.74, 6) is -0.322. The molecule has 1 aromatic rings. The lowest BCUT2D eigenvalue weighted by Gasteiger charge is -2.13. The summed E-state index contributed by atoms with van der Waals surface area (Å²) in [7, 11) is 3.55. The molecule has 0 fully saturated rings. The highest BCUT2D eigenvalue weighted by molar-refractivity contribution is 5.58. The molecular formula is C9H9FN2. The summed E-state index contributed by atoms with van der Waals surface area (Å²) in [6.45, 7) is 0. The number of rotatable bonds is 1. The number of anilines is 1. The molecular weight excluding hydrogens is 155 g/mol. The molecule has 0 aliphatic rings. The van der Waals surface area contributed by atoms with Gasteiger partial charge in [-0.25, -0.2) is 4.39 Å². The van der Waals surface area contributed by atoms with Gasteiger partial charge in [0.15, 0.2) is 0 Å². The van der Waals surface area contributed by atoms with Crippen LogP contribution in [0.1, 0.15) is 5.56 Å². The molecule has 0 heterocycles. The first kappa shape index (κ1) is 8.54. The third kappa shape index (κ3) is 1.54. The lowest BCUT2D eigenvalue weighted by Crippen LogP contribution is -2.10. The molecule has 3 heteroatoms. The highest BCUT2D eigenvalue weighted by atomic mass is 19.1. The topological polar surface area (TPSA) is 27.0 Å². The molecule has 0 aromatic heterocycles. The van der Waals surface area contributed by atoms with E-state index in [2.05, 4.69) is 0 Å². The van der Waals surface area contributed by atoms with E-state index >= 15 is 0 Å². The maximum absolute atomic E-state index is 12.7. The van der Waals surface area contributed by atoms with Gasteiger partial charge in [-0.2, -0.15) is 5.26 Å². The second kappa shape index (κ2) is 3.22. The molecule has 0 aliphatic carbocycles. The van der Waals surface area contributed by atoms with Gasteiger partial charge in [-0.1, -0.05) is 0 Å². The van der Waals surface area contributed by atoms with Crippen molar-refractivity contribution >= 4 is 5.69 Å². The van der Waals surface area contributed by atoms with E-state index in [-0.39, 0.29) is 5.82 Å². The summed E-state index contributed by atoms with van der Waals surface area (Å²) in [5, 5.41) is 8.66. The molecule has 0 unspecified atom stereocenters. The Morgan fingerprint density at radius 1 is 1.42 bits per heavy atom. The third-order valence-corrected chi connectivity index (χ3v) is 1.56. The molecule has 0 N–H and O–H groups in total. The number of nitrogens with zero attached hydrogens (tertiary/aromatic N) is 2. The summed E-state index contributed by atoms with van der Waals surface area (Å²) in [6.07, 6.45) is 0. The molecule has 0 spiro atoms. The van der Waals surface area contributed by atoms with Gasteiger partial charge in [0.05, 0.1) is 11.3 Å². The van der Waals surface area contributed by atoms with Crippen molar-refractivity contribution in [3.8, 4) is 6.07 Å². The highest BCUT2D eigenvalue weighted by Gasteiger charge is 2.04. The SMILES string of the molecule is CN(C)c1cc(F)ccc1C#N. The Morgan fingerprint density at radius 3 is 2.58 bits per heavy atom. The maximum atomic E-state index is 12.7. The number of hydrogen-bond acceptors (Lipinski definition) is 2. The second-order valence-corrected chi connectivity index (χ2v) is 2.67. The van der Waals surface area contributed by atoms with E-state index in [4.69, 9.17) is 5.26 Å². The monoisotopic (exact) mass is 164 g/mol. The zero-order valence-corrected chi connectivity index (χ0v) is 7.00. The first-order valence-electron chi connectivity index (χ1n) is 3.52. The molecule has 0 atom stereocenters. The first-order valence-corrected chi connectivity index (χ1v) is 3.52. The van der Waals surface area contributed by atoms with E-state index in [0.29, 0.717) is 11.3 Å². The summed E-state index contributed by atoms with van der Waals surface area (Å²) in [4.78, 5) is 1.71. The van der Waals surface area contributed by atoms with Crippen molar-refractivity contribution in [2.24, 2.45) is 0 Å². The van der Waals surface area contributed by atoms with Gasteiger partial charge in [0.1, 0.15) is 11.9 Å². The van der Waals surface area contributed by atoms with Crippen LogP contribution in [-0.2, 0) is 0 Å². The first-order chi connectivity index (χ1) is 5.65. The fourth-order valence-electron chi connectivity index (χ4n) is 0.969. The van der Waals surface area contributed by atoms with Gasteiger partial charge in [0.2, 0.25) is 0 Å². The predicted octanol–water partition coefficient (Wildman–Crippen LogP) is 1.76. The number of benzene rings is 1. The van der Waals surface area contributed by atoms with E-state index in [1.807, 2.05) is 6.07 Å². The smallest absolute Gasteiger partial charge is 0.125 e. The van der Waals surface area contributed by atoms with Crippen LogP contribution in [0.15, 0.2) is 18.2 Å². The molecule has 0 saturated heterocycles. The molecule has 0 saturated carbocycles. The average Bonchev–Trinajstić information content (AvgIpc) is 2.04. The van der Waals surface area contributed by atoms with Crippen molar-refractivity contribution in [1.82, 2.24) is 0 Å². The lowest BCUT2D eigenvalue weighted by atomic mass is 10.2. The van der Waals surface area contributed by atoms with E-state index < -0.39 is 0 Å². The fourth-order valence-corrected chi connectivity index (χ4v) is 0.969. The van der Waals surface area contributed by atoms with Gasteiger partial charge >= 0.3 is 0 Å². The molecule has 1 aromatic carbocycles. The normalized spacial score (nSPS) is 9.17. The van der Waals surface area contributed by atoms with E-state index in [9.17, 15) is 4.39 Å². The Morgan fingerprint density at radius 2 is 2.08 bits per heavy atom. The van der Waals surface area contributed by atoms with E-state index in [1.54, 1.807) is 19.0 Å². The minimum Gasteiger partial charge on any atom is -0.377 e. The van der Waals surface area contributed by atoms with Gasteiger partial charge in [0, 0.05) is 14.1 Å². The largest absolute Gasteiger partial charge is 0.377 e. The predicted molar refractivity (Wildman–Crippen MR) is 45.4 cm³/mol. The summed E-state index contributed by atoms with van der Waals surface area (Å²) in [5.41, 5.74) is 1.10. The van der Waals surface area contributed by atoms with Crippen LogP contribution < -0.4 is 4.90 Å². The fraction of sp³-hybridized carbons (Fsp3) is 0.222. The van der Waals surface area contributed by atoms with Crippen LogP contribution >= 0.6 is 0 Å². The summed E-state index contributed by atoms with van der Waals surface area (Å²) >= 11 is 0. The third-order valence-electron chi connectivity index (χ3n) is 1.56. The summed E-state index contributed by atoms with van der Waals surface area (Å²) in [6, 6.07) is 6.10. The minimum atomic E-state index is -0.322. The van der Waals surface area contributed by atoms with Crippen molar-refractivity contribution in [3.05, 3.63) is 29.6 Å². The van der Waals surface area contributed by atoms with Gasteiger partial charge in [-0.05, 0) is 18.2 Å². The average molecular weight is 164 g/mol. The number of halogens is 1. The van der Waals surface area contributed by atoms with Crippen LogP contribution in [-0.4, -0.2) is 14.1 Å². The Bertz CT molecular complexity index is 326. The quantitative estimate of drug-likeness (QED) is 0.632. The van der Waals surface area contributed by atoms with Crippen LogP contribution in [0.5, 0.6) is 0 Å². The zero-order valence-electron chi connectivity index (χ0n) is 7.00. The van der Waals surface area contributed by atoms with Crippen LogP contribution in [0.3, 0.4) is 0 Å². The van der Waals surface area contributed by atoms with Crippen molar-refractivity contribution in [1.29, 1.82) is 5.26 Å². The molecule has 0 amide bonds. The van der Waals surface area contributed by atoms with Crippen LogP contribution in [0.25, 0.3) is 0 Å². The summed E-state index contributed by atoms with van der Waals surface area (Å²) < 4.78 is 12.7. The molecule has 1 rings (SSSR count). The molecule has 0 aliphatic heterocycles. The van der Waals surface area contributed by atoms with Gasteiger partial charge in [-0.3, -0.25) is 0 Å². The lowest BCUT2D eigenvalue weighted by molar-refractivity contribution is 0.627. The van der Waals surface area contributed by atoms with E-state index in [1.165, 1.54) is 18.2 Å². The molecule has 0 radical (unpaired) electrons. The van der Waals surface area contributed by atoms with Crippen molar-refractivity contribution in [2.45, 2.75) is 0 Å². The van der Waals surface area contributed by atoms with Gasteiger partial charge in [0.25, 0.3) is 0 Å². The van der Waals surface area contributed by atoms with Crippen molar-refractivity contribution < 1.29 is 4.39 Å². The molecule has 62 valence electrons. The Balaban J connectivity index is 3.24. The van der Waals surface area contributed by atoms with Gasteiger partial charge in [-0.15, -0.1) is 0 Å². The highest BCUT2D eigenvalue weighted by Crippen LogP contribution is 2.18.